The van der Waals surface area contributed by atoms with E-state index in [1.807, 2.05) is 6.92 Å². The molecular formula is C8H20N2O3S. The number of nitrogens with two attached hydrogens (primary N) is 1. The van der Waals surface area contributed by atoms with Crippen molar-refractivity contribution >= 4 is 10.0 Å². The first-order chi connectivity index (χ1) is 6.58. The van der Waals surface area contributed by atoms with Crippen LogP contribution >= 0.6 is 0 Å². The van der Waals surface area contributed by atoms with Gasteiger partial charge in [0.25, 0.3) is 0 Å². The number of hydrogen-bond donors (Lipinski definition) is 1. The Labute approximate surface area is 86.3 Å². The average Bonchev–Trinajstić information content (AvgIpc) is 2.11. The monoisotopic (exact) mass is 224 g/mol. The van der Waals surface area contributed by atoms with Crippen LogP contribution in [0.15, 0.2) is 0 Å². The lowest BCUT2D eigenvalue weighted by atomic mass is 10.6. The molecule has 0 spiro atoms. The molecule has 0 atom stereocenters. The number of ether oxygens (including phenoxy) is 1. The molecule has 2 N–H and O–H groups in total. The van der Waals surface area contributed by atoms with Gasteiger partial charge >= 0.3 is 0 Å². The first-order valence-corrected chi connectivity index (χ1v) is 6.36. The molecule has 0 saturated heterocycles. The molecule has 5 nitrogen and oxygen atoms in total. The van der Waals surface area contributed by atoms with Crippen molar-refractivity contribution in [2.24, 2.45) is 5.73 Å². The van der Waals surface area contributed by atoms with Crippen molar-refractivity contribution in [3.05, 3.63) is 0 Å². The predicted molar refractivity (Wildman–Crippen MR) is 56.6 cm³/mol. The lowest BCUT2D eigenvalue weighted by Crippen LogP contribution is -2.38. The molecule has 0 heterocycles. The van der Waals surface area contributed by atoms with E-state index in [0.717, 1.165) is 0 Å². The minimum Gasteiger partial charge on any atom is -0.383 e. The predicted octanol–water partition coefficient (Wildman–Crippen LogP) is -0.367. The molecule has 0 rings (SSSR count). The molecule has 0 radical (unpaired) electrons. The Balaban J connectivity index is 4.30. The maximum absolute atomic E-state index is 11.6. The summed E-state index contributed by atoms with van der Waals surface area (Å²) in [5.74, 6) is 0.177. The van der Waals surface area contributed by atoms with Crippen molar-refractivity contribution in [3.8, 4) is 0 Å². The first kappa shape index (κ1) is 13.8. The molecule has 0 aromatic carbocycles. The Morgan fingerprint density at radius 1 is 1.36 bits per heavy atom. The summed E-state index contributed by atoms with van der Waals surface area (Å²) in [5, 5.41) is 0. The first-order valence-electron chi connectivity index (χ1n) is 4.75. The van der Waals surface area contributed by atoms with Crippen LogP contribution in [0.3, 0.4) is 0 Å². The molecule has 0 aliphatic rings. The maximum Gasteiger partial charge on any atom is 0.214 e. The molecule has 0 fully saturated rings. The standard InChI is InChI=1S/C8H20N2O3S/c1-3-8-14(11,12)10(5-4-9)6-7-13-2/h3-9H2,1-2H3. The van der Waals surface area contributed by atoms with Crippen molar-refractivity contribution in [2.75, 3.05) is 39.1 Å². The number of rotatable bonds is 8. The van der Waals surface area contributed by atoms with Crippen LogP contribution in [-0.4, -0.2) is 51.8 Å². The highest BCUT2D eigenvalue weighted by molar-refractivity contribution is 7.89. The average molecular weight is 224 g/mol. The fourth-order valence-corrected chi connectivity index (χ4v) is 2.62. The third-order valence-corrected chi connectivity index (χ3v) is 3.85. The van der Waals surface area contributed by atoms with Gasteiger partial charge in [0, 0.05) is 26.7 Å². The van der Waals surface area contributed by atoms with Gasteiger partial charge in [0.05, 0.1) is 12.4 Å². The third-order valence-electron chi connectivity index (χ3n) is 1.78. The summed E-state index contributed by atoms with van der Waals surface area (Å²) in [6, 6.07) is 0. The van der Waals surface area contributed by atoms with Crippen LogP contribution in [-0.2, 0) is 14.8 Å². The van der Waals surface area contributed by atoms with Crippen LogP contribution in [0.4, 0.5) is 0 Å². The van der Waals surface area contributed by atoms with E-state index in [4.69, 9.17) is 10.5 Å². The third kappa shape index (κ3) is 4.90. The second-order valence-electron chi connectivity index (χ2n) is 3.00. The largest absolute Gasteiger partial charge is 0.383 e. The Morgan fingerprint density at radius 3 is 2.43 bits per heavy atom. The summed E-state index contributed by atoms with van der Waals surface area (Å²) < 4.78 is 29.5. The minimum absolute atomic E-state index is 0.177. The van der Waals surface area contributed by atoms with Gasteiger partial charge in [0.15, 0.2) is 0 Å². The van der Waals surface area contributed by atoms with E-state index in [1.54, 1.807) is 7.11 Å². The molecule has 0 aliphatic heterocycles. The molecule has 0 amide bonds. The van der Waals surface area contributed by atoms with Crippen LogP contribution in [0.5, 0.6) is 0 Å². The maximum atomic E-state index is 11.6. The zero-order valence-electron chi connectivity index (χ0n) is 8.90. The van der Waals surface area contributed by atoms with Gasteiger partial charge in [0.1, 0.15) is 0 Å². The second kappa shape index (κ2) is 7.17. The quantitative estimate of drug-likeness (QED) is 0.611. The lowest BCUT2D eigenvalue weighted by molar-refractivity contribution is 0.179. The van der Waals surface area contributed by atoms with E-state index in [0.29, 0.717) is 32.7 Å². The Morgan fingerprint density at radius 2 is 2.00 bits per heavy atom. The van der Waals surface area contributed by atoms with E-state index < -0.39 is 10.0 Å². The van der Waals surface area contributed by atoms with Crippen molar-refractivity contribution in [3.63, 3.8) is 0 Å². The highest BCUT2D eigenvalue weighted by atomic mass is 32.2. The summed E-state index contributed by atoms with van der Waals surface area (Å²) in [4.78, 5) is 0. The molecule has 86 valence electrons. The van der Waals surface area contributed by atoms with Crippen molar-refractivity contribution in [1.29, 1.82) is 0 Å². The van der Waals surface area contributed by atoms with E-state index >= 15 is 0 Å². The van der Waals surface area contributed by atoms with Gasteiger partial charge in [-0.1, -0.05) is 6.92 Å². The summed E-state index contributed by atoms with van der Waals surface area (Å²) in [7, 11) is -1.58. The summed E-state index contributed by atoms with van der Waals surface area (Å²) in [6.45, 7) is 3.34. The van der Waals surface area contributed by atoms with Crippen LogP contribution in [0.2, 0.25) is 0 Å². The Kier molecular flexibility index (Phi) is 7.08. The van der Waals surface area contributed by atoms with Crippen LogP contribution < -0.4 is 5.73 Å². The molecule has 0 unspecified atom stereocenters. The van der Waals surface area contributed by atoms with Crippen LogP contribution in [0.1, 0.15) is 13.3 Å². The highest BCUT2D eigenvalue weighted by Crippen LogP contribution is 2.02. The van der Waals surface area contributed by atoms with Gasteiger partial charge < -0.3 is 10.5 Å². The van der Waals surface area contributed by atoms with E-state index in [1.165, 1.54) is 4.31 Å². The van der Waals surface area contributed by atoms with Crippen molar-refractivity contribution < 1.29 is 13.2 Å². The number of hydrogen-bond acceptors (Lipinski definition) is 4. The summed E-state index contributed by atoms with van der Waals surface area (Å²) in [6.07, 6.45) is 0.621. The van der Waals surface area contributed by atoms with Gasteiger partial charge in [0.2, 0.25) is 10.0 Å². The normalized spacial score (nSPS) is 12.3. The van der Waals surface area contributed by atoms with Gasteiger partial charge in [-0.05, 0) is 6.42 Å². The van der Waals surface area contributed by atoms with Gasteiger partial charge in [-0.2, -0.15) is 4.31 Å². The zero-order chi connectivity index (χ0) is 11.0. The molecular weight excluding hydrogens is 204 g/mol. The number of sulfonamides is 1. The number of nitrogens with zero attached hydrogens (tertiary/aromatic N) is 1. The molecule has 0 aromatic rings. The van der Waals surface area contributed by atoms with E-state index in [-0.39, 0.29) is 5.75 Å². The molecule has 0 aliphatic carbocycles. The van der Waals surface area contributed by atoms with E-state index in [2.05, 4.69) is 0 Å². The molecule has 0 saturated carbocycles. The van der Waals surface area contributed by atoms with Gasteiger partial charge in [-0.25, -0.2) is 8.42 Å². The SMILES string of the molecule is CCCS(=O)(=O)N(CCN)CCOC. The summed E-state index contributed by atoms with van der Waals surface area (Å²) >= 11 is 0. The zero-order valence-corrected chi connectivity index (χ0v) is 9.72. The fraction of sp³-hybridized carbons (Fsp3) is 1.00. The number of methoxy groups -OCH3 is 1. The molecule has 0 bridgehead atoms. The summed E-state index contributed by atoms with van der Waals surface area (Å²) in [5.41, 5.74) is 5.35. The van der Waals surface area contributed by atoms with Crippen molar-refractivity contribution in [2.45, 2.75) is 13.3 Å². The highest BCUT2D eigenvalue weighted by Gasteiger charge is 2.19. The molecule has 14 heavy (non-hydrogen) atoms. The van der Waals surface area contributed by atoms with Crippen LogP contribution in [0.25, 0.3) is 0 Å². The smallest absolute Gasteiger partial charge is 0.214 e. The van der Waals surface area contributed by atoms with E-state index in [9.17, 15) is 8.42 Å². The Bertz CT molecular complexity index is 229. The van der Waals surface area contributed by atoms with Gasteiger partial charge in [-0.15, -0.1) is 0 Å². The Hall–Kier alpha value is -0.170. The van der Waals surface area contributed by atoms with Gasteiger partial charge in [-0.3, -0.25) is 0 Å². The van der Waals surface area contributed by atoms with Crippen LogP contribution in [0, 0.1) is 0 Å². The second-order valence-corrected chi connectivity index (χ2v) is 5.09. The molecule has 0 aromatic heterocycles. The lowest BCUT2D eigenvalue weighted by Gasteiger charge is -2.20. The minimum atomic E-state index is -3.13. The topological polar surface area (TPSA) is 72.6 Å². The molecule has 6 heteroatoms. The van der Waals surface area contributed by atoms with Crippen molar-refractivity contribution in [1.82, 2.24) is 4.31 Å². The fourth-order valence-electron chi connectivity index (χ4n) is 1.11.